The number of hydrogen-bond acceptors (Lipinski definition) is 2. The highest BCUT2D eigenvalue weighted by Gasteiger charge is 2.13. The van der Waals surface area contributed by atoms with Crippen molar-refractivity contribution in [1.82, 2.24) is 5.32 Å². The predicted molar refractivity (Wildman–Crippen MR) is 86.9 cm³/mol. The van der Waals surface area contributed by atoms with Crippen molar-refractivity contribution >= 4 is 21.6 Å². The molecule has 1 aliphatic rings. The Kier molecular flexibility index (Phi) is 5.71. The zero-order chi connectivity index (χ0) is 13.7. The van der Waals surface area contributed by atoms with Crippen molar-refractivity contribution in [3.8, 4) is 0 Å². The fraction of sp³-hybridized carbons (Fsp3) is 0.625. The molecule has 2 rings (SSSR count). The van der Waals surface area contributed by atoms with Gasteiger partial charge in [-0.05, 0) is 60.4 Å². The number of benzene rings is 1. The lowest BCUT2D eigenvalue weighted by molar-refractivity contribution is 0.556. The van der Waals surface area contributed by atoms with Crippen LogP contribution >= 0.6 is 15.9 Å². The normalized spacial score (nSPS) is 18.8. The van der Waals surface area contributed by atoms with Crippen LogP contribution in [-0.4, -0.2) is 20.1 Å². The maximum atomic E-state index is 3.76. The zero-order valence-electron chi connectivity index (χ0n) is 12.1. The van der Waals surface area contributed by atoms with Gasteiger partial charge < -0.3 is 10.2 Å². The molecule has 1 heterocycles. The van der Waals surface area contributed by atoms with E-state index in [1.807, 2.05) is 7.05 Å². The first-order valence-corrected chi connectivity index (χ1v) is 8.23. The summed E-state index contributed by atoms with van der Waals surface area (Å²) in [6.45, 7) is 4.58. The molecule has 0 aliphatic carbocycles. The average Bonchev–Trinajstić information content (AvgIpc) is 2.38. The van der Waals surface area contributed by atoms with E-state index in [0.29, 0.717) is 6.04 Å². The van der Waals surface area contributed by atoms with Crippen LogP contribution in [0.5, 0.6) is 0 Å². The van der Waals surface area contributed by atoms with Gasteiger partial charge in [0, 0.05) is 23.6 Å². The van der Waals surface area contributed by atoms with Gasteiger partial charge in [-0.2, -0.15) is 0 Å². The second-order valence-corrected chi connectivity index (χ2v) is 6.33. The van der Waals surface area contributed by atoms with Crippen LogP contribution < -0.4 is 10.2 Å². The van der Waals surface area contributed by atoms with E-state index in [4.69, 9.17) is 0 Å². The van der Waals surface area contributed by atoms with Crippen molar-refractivity contribution in [2.45, 2.75) is 45.1 Å². The second-order valence-electron chi connectivity index (χ2n) is 5.48. The zero-order valence-corrected chi connectivity index (χ0v) is 13.7. The molecule has 1 unspecified atom stereocenters. The number of hydrogen-bond donors (Lipinski definition) is 1. The lowest BCUT2D eigenvalue weighted by atomic mass is 10.1. The van der Waals surface area contributed by atoms with E-state index in [2.05, 4.69) is 51.3 Å². The van der Waals surface area contributed by atoms with E-state index in [1.165, 1.54) is 60.9 Å². The second kappa shape index (κ2) is 7.30. The smallest absolute Gasteiger partial charge is 0.0510 e. The van der Waals surface area contributed by atoms with Crippen molar-refractivity contribution in [2.24, 2.45) is 0 Å². The molecule has 1 fully saturated rings. The molecule has 1 N–H and O–H groups in total. The quantitative estimate of drug-likeness (QED) is 0.880. The Morgan fingerprint density at radius 1 is 1.11 bits per heavy atom. The molecule has 0 amide bonds. The summed E-state index contributed by atoms with van der Waals surface area (Å²) in [5.74, 6) is 0. The predicted octanol–water partition coefficient (Wildman–Crippen LogP) is 4.50. The largest absolute Gasteiger partial charge is 0.371 e. The van der Waals surface area contributed by atoms with Gasteiger partial charge >= 0.3 is 0 Å². The number of halogens is 1. The Morgan fingerprint density at radius 3 is 2.32 bits per heavy atom. The highest BCUT2D eigenvalue weighted by molar-refractivity contribution is 9.10. The minimum atomic E-state index is 0.401. The lowest BCUT2D eigenvalue weighted by Gasteiger charge is -2.28. The topological polar surface area (TPSA) is 15.3 Å². The number of nitrogens with zero attached hydrogens (tertiary/aromatic N) is 1. The molecule has 2 nitrogen and oxygen atoms in total. The van der Waals surface area contributed by atoms with Gasteiger partial charge in [-0.15, -0.1) is 0 Å². The molecule has 0 radical (unpaired) electrons. The summed E-state index contributed by atoms with van der Waals surface area (Å²) in [4.78, 5) is 2.54. The van der Waals surface area contributed by atoms with Crippen molar-refractivity contribution in [3.63, 3.8) is 0 Å². The van der Waals surface area contributed by atoms with Gasteiger partial charge in [-0.3, -0.25) is 0 Å². The fourth-order valence-corrected chi connectivity index (χ4v) is 3.35. The van der Waals surface area contributed by atoms with Gasteiger partial charge in [0.05, 0.1) is 5.69 Å². The van der Waals surface area contributed by atoms with E-state index in [9.17, 15) is 0 Å². The van der Waals surface area contributed by atoms with Gasteiger partial charge in [0.1, 0.15) is 0 Å². The van der Waals surface area contributed by atoms with E-state index in [-0.39, 0.29) is 0 Å². The van der Waals surface area contributed by atoms with E-state index in [0.717, 1.165) is 0 Å². The third-order valence-electron chi connectivity index (χ3n) is 4.10. The van der Waals surface area contributed by atoms with Crippen LogP contribution in [0.1, 0.15) is 50.6 Å². The van der Waals surface area contributed by atoms with Crippen molar-refractivity contribution in [1.29, 1.82) is 0 Å². The molecule has 0 spiro atoms. The molecular weight excluding hydrogens is 300 g/mol. The Balaban J connectivity index is 2.14. The van der Waals surface area contributed by atoms with Crippen molar-refractivity contribution in [2.75, 3.05) is 25.0 Å². The first kappa shape index (κ1) is 14.9. The first-order chi connectivity index (χ1) is 9.22. The molecule has 0 saturated carbocycles. The van der Waals surface area contributed by atoms with Gasteiger partial charge in [0.25, 0.3) is 0 Å². The maximum Gasteiger partial charge on any atom is 0.0510 e. The lowest BCUT2D eigenvalue weighted by Crippen LogP contribution is -2.27. The Hall–Kier alpha value is -0.540. The van der Waals surface area contributed by atoms with Gasteiger partial charge in [-0.1, -0.05) is 25.3 Å². The minimum Gasteiger partial charge on any atom is -0.371 e. The summed E-state index contributed by atoms with van der Waals surface area (Å²) < 4.78 is 1.23. The molecule has 3 heteroatoms. The summed E-state index contributed by atoms with van der Waals surface area (Å²) in [6, 6.07) is 7.18. The Morgan fingerprint density at radius 2 is 1.74 bits per heavy atom. The molecule has 106 valence electrons. The highest BCUT2D eigenvalue weighted by atomic mass is 79.9. The van der Waals surface area contributed by atoms with Crippen LogP contribution in [0.15, 0.2) is 22.7 Å². The third-order valence-corrected chi connectivity index (χ3v) is 4.74. The monoisotopic (exact) mass is 324 g/mol. The molecule has 1 aromatic carbocycles. The van der Waals surface area contributed by atoms with Gasteiger partial charge in [0.15, 0.2) is 0 Å². The molecule has 1 aromatic rings. The highest BCUT2D eigenvalue weighted by Crippen LogP contribution is 2.30. The Labute approximate surface area is 125 Å². The molecular formula is C16H25BrN2. The third kappa shape index (κ3) is 3.96. The van der Waals surface area contributed by atoms with Gasteiger partial charge in [0.2, 0.25) is 0 Å². The molecule has 19 heavy (non-hydrogen) atoms. The standard InChI is InChI=1S/C16H25BrN2/c1-13(18-2)14-8-9-16(15(17)12-14)19-10-6-4-3-5-7-11-19/h8-9,12-13,18H,3-7,10-11H2,1-2H3. The number of nitrogens with one attached hydrogen (secondary N) is 1. The summed E-state index contributed by atoms with van der Waals surface area (Å²) in [6.07, 6.45) is 6.81. The molecule has 0 aromatic heterocycles. The Bertz CT molecular complexity index is 398. The first-order valence-electron chi connectivity index (χ1n) is 7.44. The summed E-state index contributed by atoms with van der Waals surface area (Å²) in [7, 11) is 2.00. The number of rotatable bonds is 3. The summed E-state index contributed by atoms with van der Waals surface area (Å²) in [5.41, 5.74) is 2.69. The van der Waals surface area contributed by atoms with Crippen LogP contribution in [0, 0.1) is 0 Å². The van der Waals surface area contributed by atoms with Crippen LogP contribution in [0.2, 0.25) is 0 Å². The van der Waals surface area contributed by atoms with E-state index >= 15 is 0 Å². The molecule has 0 bridgehead atoms. The average molecular weight is 325 g/mol. The van der Waals surface area contributed by atoms with Crippen LogP contribution in [0.3, 0.4) is 0 Å². The van der Waals surface area contributed by atoms with Crippen LogP contribution in [0.4, 0.5) is 5.69 Å². The van der Waals surface area contributed by atoms with Crippen LogP contribution in [-0.2, 0) is 0 Å². The summed E-state index contributed by atoms with van der Waals surface area (Å²) in [5, 5.41) is 3.29. The summed E-state index contributed by atoms with van der Waals surface area (Å²) >= 11 is 3.76. The fourth-order valence-electron chi connectivity index (χ4n) is 2.70. The van der Waals surface area contributed by atoms with E-state index in [1.54, 1.807) is 0 Å². The number of anilines is 1. The molecule has 1 aliphatic heterocycles. The van der Waals surface area contributed by atoms with Gasteiger partial charge in [-0.25, -0.2) is 0 Å². The molecule has 1 atom stereocenters. The molecule has 1 saturated heterocycles. The van der Waals surface area contributed by atoms with E-state index < -0.39 is 0 Å². The maximum absolute atomic E-state index is 3.76. The van der Waals surface area contributed by atoms with Crippen molar-refractivity contribution < 1.29 is 0 Å². The minimum absolute atomic E-state index is 0.401. The van der Waals surface area contributed by atoms with Crippen molar-refractivity contribution in [3.05, 3.63) is 28.2 Å². The van der Waals surface area contributed by atoms with Crippen LogP contribution in [0.25, 0.3) is 0 Å². The SMILES string of the molecule is CNC(C)c1ccc(N2CCCCCCC2)c(Br)c1.